The molecule has 0 saturated carbocycles. The topological polar surface area (TPSA) is 18.5 Å². The molecule has 0 N–H and O–H groups in total. The van der Waals surface area contributed by atoms with E-state index in [0.29, 0.717) is 12.5 Å². The van der Waals surface area contributed by atoms with Gasteiger partial charge in [0.1, 0.15) is 6.61 Å². The summed E-state index contributed by atoms with van der Waals surface area (Å²) in [6.07, 6.45) is 0. The summed E-state index contributed by atoms with van der Waals surface area (Å²) in [7, 11) is 1.64. The second-order valence-electron chi connectivity index (χ2n) is 4.90. The Bertz CT molecular complexity index is 573. The molecular weight excluding hydrogens is 272 g/mol. The quantitative estimate of drug-likeness (QED) is 0.748. The van der Waals surface area contributed by atoms with Crippen LogP contribution in [-0.4, -0.2) is 7.11 Å². The highest BCUT2D eigenvalue weighted by atomic mass is 35.5. The minimum atomic E-state index is 0.462. The van der Waals surface area contributed by atoms with E-state index in [2.05, 4.69) is 32.0 Å². The molecule has 0 atom stereocenters. The lowest BCUT2D eigenvalue weighted by Gasteiger charge is -2.12. The first kappa shape index (κ1) is 14.7. The molecule has 0 unspecified atom stereocenters. The van der Waals surface area contributed by atoms with E-state index in [1.807, 2.05) is 18.2 Å². The monoisotopic (exact) mass is 290 g/mol. The minimum Gasteiger partial charge on any atom is -0.493 e. The van der Waals surface area contributed by atoms with Crippen LogP contribution in [0.4, 0.5) is 0 Å². The van der Waals surface area contributed by atoms with Gasteiger partial charge in [0.25, 0.3) is 0 Å². The van der Waals surface area contributed by atoms with Crippen molar-refractivity contribution in [3.05, 3.63) is 58.7 Å². The third-order valence-corrected chi connectivity index (χ3v) is 3.37. The lowest BCUT2D eigenvalue weighted by atomic mass is 10.1. The SMILES string of the molecule is COc1ccc(CCl)cc1OCc1cc(C)cc(C)c1. The Balaban J connectivity index is 2.17. The summed E-state index contributed by atoms with van der Waals surface area (Å²) >= 11 is 5.86. The van der Waals surface area contributed by atoms with Crippen molar-refractivity contribution in [3.8, 4) is 11.5 Å². The first-order chi connectivity index (χ1) is 9.62. The molecule has 3 heteroatoms. The largest absolute Gasteiger partial charge is 0.493 e. The molecule has 0 aliphatic rings. The fourth-order valence-corrected chi connectivity index (χ4v) is 2.40. The molecule has 106 valence electrons. The molecule has 2 nitrogen and oxygen atoms in total. The molecule has 0 aromatic heterocycles. The smallest absolute Gasteiger partial charge is 0.161 e. The van der Waals surface area contributed by atoms with Crippen molar-refractivity contribution in [2.24, 2.45) is 0 Å². The maximum atomic E-state index is 5.88. The second-order valence-corrected chi connectivity index (χ2v) is 5.17. The summed E-state index contributed by atoms with van der Waals surface area (Å²) < 4.78 is 11.2. The van der Waals surface area contributed by atoms with Crippen LogP contribution >= 0.6 is 11.6 Å². The summed E-state index contributed by atoms with van der Waals surface area (Å²) in [5.41, 5.74) is 4.65. The molecule has 0 saturated heterocycles. The zero-order valence-corrected chi connectivity index (χ0v) is 12.8. The number of halogens is 1. The fraction of sp³-hybridized carbons (Fsp3) is 0.294. The van der Waals surface area contributed by atoms with Crippen molar-refractivity contribution < 1.29 is 9.47 Å². The van der Waals surface area contributed by atoms with Gasteiger partial charge in [0.2, 0.25) is 0 Å². The Morgan fingerprint density at radius 1 is 0.900 bits per heavy atom. The average molecular weight is 291 g/mol. The standard InChI is InChI=1S/C17H19ClO2/c1-12-6-13(2)8-15(7-12)11-20-17-9-14(10-18)4-5-16(17)19-3/h4-9H,10-11H2,1-3H3. The Kier molecular flexibility index (Phi) is 4.91. The van der Waals surface area contributed by atoms with Crippen LogP contribution in [0.3, 0.4) is 0 Å². The Labute approximate surface area is 125 Å². The molecule has 2 aromatic carbocycles. The minimum absolute atomic E-state index is 0.462. The van der Waals surface area contributed by atoms with Gasteiger partial charge in [0.15, 0.2) is 11.5 Å². The van der Waals surface area contributed by atoms with Gasteiger partial charge in [-0.25, -0.2) is 0 Å². The van der Waals surface area contributed by atoms with Crippen molar-refractivity contribution in [2.75, 3.05) is 7.11 Å². The molecular formula is C17H19ClO2. The maximum absolute atomic E-state index is 5.88. The third-order valence-electron chi connectivity index (χ3n) is 3.06. The molecule has 0 bridgehead atoms. The molecule has 2 aromatic rings. The van der Waals surface area contributed by atoms with Gasteiger partial charge < -0.3 is 9.47 Å². The Morgan fingerprint density at radius 2 is 1.60 bits per heavy atom. The number of alkyl halides is 1. The summed E-state index contributed by atoms with van der Waals surface area (Å²) in [5, 5.41) is 0. The van der Waals surface area contributed by atoms with Gasteiger partial charge in [0, 0.05) is 5.88 Å². The summed E-state index contributed by atoms with van der Waals surface area (Å²) in [4.78, 5) is 0. The molecule has 2 rings (SSSR count). The molecule has 0 fully saturated rings. The average Bonchev–Trinajstić information content (AvgIpc) is 2.43. The Morgan fingerprint density at radius 3 is 2.20 bits per heavy atom. The lowest BCUT2D eigenvalue weighted by molar-refractivity contribution is 0.284. The zero-order valence-electron chi connectivity index (χ0n) is 12.1. The maximum Gasteiger partial charge on any atom is 0.161 e. The van der Waals surface area contributed by atoms with Crippen LogP contribution in [-0.2, 0) is 12.5 Å². The first-order valence-electron chi connectivity index (χ1n) is 6.55. The number of ether oxygens (including phenoxy) is 2. The summed E-state index contributed by atoms with van der Waals surface area (Å²) in [5.74, 6) is 1.91. The molecule has 0 amide bonds. The number of hydrogen-bond donors (Lipinski definition) is 0. The van der Waals surface area contributed by atoms with E-state index < -0.39 is 0 Å². The van der Waals surface area contributed by atoms with Crippen LogP contribution in [0, 0.1) is 13.8 Å². The van der Waals surface area contributed by atoms with Gasteiger partial charge >= 0.3 is 0 Å². The van der Waals surface area contributed by atoms with E-state index in [0.717, 1.165) is 22.6 Å². The molecule has 0 aliphatic heterocycles. The van der Waals surface area contributed by atoms with E-state index in [-0.39, 0.29) is 0 Å². The lowest BCUT2D eigenvalue weighted by Crippen LogP contribution is -1.99. The van der Waals surface area contributed by atoms with E-state index in [1.165, 1.54) is 11.1 Å². The van der Waals surface area contributed by atoms with Gasteiger partial charge in [-0.2, -0.15) is 0 Å². The number of rotatable bonds is 5. The molecule has 0 heterocycles. The van der Waals surface area contributed by atoms with E-state index in [4.69, 9.17) is 21.1 Å². The van der Waals surface area contributed by atoms with E-state index in [9.17, 15) is 0 Å². The van der Waals surface area contributed by atoms with E-state index >= 15 is 0 Å². The number of benzene rings is 2. The van der Waals surface area contributed by atoms with Crippen molar-refractivity contribution in [1.29, 1.82) is 0 Å². The second kappa shape index (κ2) is 6.67. The van der Waals surface area contributed by atoms with Gasteiger partial charge in [-0.1, -0.05) is 35.4 Å². The van der Waals surface area contributed by atoms with Gasteiger partial charge in [-0.05, 0) is 37.1 Å². The number of hydrogen-bond acceptors (Lipinski definition) is 2. The van der Waals surface area contributed by atoms with Crippen LogP contribution in [0.5, 0.6) is 11.5 Å². The highest BCUT2D eigenvalue weighted by molar-refractivity contribution is 6.17. The van der Waals surface area contributed by atoms with Crippen LogP contribution in [0.15, 0.2) is 36.4 Å². The van der Waals surface area contributed by atoms with Gasteiger partial charge in [-0.15, -0.1) is 11.6 Å². The fourth-order valence-electron chi connectivity index (χ4n) is 2.23. The normalized spacial score (nSPS) is 10.4. The summed E-state index contributed by atoms with van der Waals surface area (Å²) in [6, 6.07) is 12.2. The number of methoxy groups -OCH3 is 1. The van der Waals surface area contributed by atoms with Crippen molar-refractivity contribution in [1.82, 2.24) is 0 Å². The molecule has 0 radical (unpaired) electrons. The number of aryl methyl sites for hydroxylation is 2. The molecule has 0 aliphatic carbocycles. The third kappa shape index (κ3) is 3.67. The predicted octanol–water partition coefficient (Wildman–Crippen LogP) is 4.63. The van der Waals surface area contributed by atoms with Crippen LogP contribution in [0.2, 0.25) is 0 Å². The van der Waals surface area contributed by atoms with Crippen LogP contribution in [0.1, 0.15) is 22.3 Å². The first-order valence-corrected chi connectivity index (χ1v) is 7.08. The van der Waals surface area contributed by atoms with Crippen LogP contribution < -0.4 is 9.47 Å². The summed E-state index contributed by atoms with van der Waals surface area (Å²) in [6.45, 7) is 4.70. The van der Waals surface area contributed by atoms with E-state index in [1.54, 1.807) is 7.11 Å². The van der Waals surface area contributed by atoms with Gasteiger partial charge in [-0.3, -0.25) is 0 Å². The Hall–Kier alpha value is -1.67. The van der Waals surface area contributed by atoms with Crippen LogP contribution in [0.25, 0.3) is 0 Å². The highest BCUT2D eigenvalue weighted by Crippen LogP contribution is 2.29. The molecule has 20 heavy (non-hydrogen) atoms. The van der Waals surface area contributed by atoms with Crippen molar-refractivity contribution >= 4 is 11.6 Å². The zero-order chi connectivity index (χ0) is 14.5. The van der Waals surface area contributed by atoms with Crippen molar-refractivity contribution in [3.63, 3.8) is 0 Å². The molecule has 0 spiro atoms. The van der Waals surface area contributed by atoms with Gasteiger partial charge in [0.05, 0.1) is 7.11 Å². The highest BCUT2D eigenvalue weighted by Gasteiger charge is 2.06. The van der Waals surface area contributed by atoms with Crippen molar-refractivity contribution in [2.45, 2.75) is 26.3 Å². The predicted molar refractivity (Wildman–Crippen MR) is 82.8 cm³/mol.